The van der Waals surface area contributed by atoms with Crippen LogP contribution in [0.25, 0.3) is 0 Å². The SMILES string of the molecule is NNC(c1ccc(Br)o1)C1CCCCC1. The van der Waals surface area contributed by atoms with Crippen molar-refractivity contribution in [1.29, 1.82) is 0 Å². The van der Waals surface area contributed by atoms with Crippen LogP contribution in [-0.2, 0) is 0 Å². The number of hydrazine groups is 1. The van der Waals surface area contributed by atoms with Gasteiger partial charge in [0.05, 0.1) is 6.04 Å². The van der Waals surface area contributed by atoms with E-state index in [-0.39, 0.29) is 6.04 Å². The van der Waals surface area contributed by atoms with Crippen LogP contribution in [-0.4, -0.2) is 0 Å². The van der Waals surface area contributed by atoms with Crippen molar-refractivity contribution in [3.8, 4) is 0 Å². The van der Waals surface area contributed by atoms with Crippen molar-refractivity contribution in [2.75, 3.05) is 0 Å². The van der Waals surface area contributed by atoms with Crippen molar-refractivity contribution in [2.24, 2.45) is 11.8 Å². The Morgan fingerprint density at radius 3 is 2.60 bits per heavy atom. The summed E-state index contributed by atoms with van der Waals surface area (Å²) in [7, 11) is 0. The van der Waals surface area contributed by atoms with Gasteiger partial charge in [-0.2, -0.15) is 0 Å². The molecule has 1 saturated carbocycles. The monoisotopic (exact) mass is 272 g/mol. The van der Waals surface area contributed by atoms with Gasteiger partial charge in [0.1, 0.15) is 5.76 Å². The van der Waals surface area contributed by atoms with Crippen LogP contribution in [0, 0.1) is 5.92 Å². The fraction of sp³-hybridized carbons (Fsp3) is 0.636. The summed E-state index contributed by atoms with van der Waals surface area (Å²) in [6.45, 7) is 0. The zero-order valence-electron chi connectivity index (χ0n) is 8.71. The topological polar surface area (TPSA) is 51.2 Å². The van der Waals surface area contributed by atoms with Gasteiger partial charge in [-0.3, -0.25) is 5.84 Å². The number of halogens is 1. The van der Waals surface area contributed by atoms with Gasteiger partial charge in [0.15, 0.2) is 4.67 Å². The van der Waals surface area contributed by atoms with Gasteiger partial charge in [-0.05, 0) is 46.8 Å². The molecule has 0 saturated heterocycles. The molecule has 3 nitrogen and oxygen atoms in total. The minimum atomic E-state index is 0.164. The van der Waals surface area contributed by atoms with Crippen molar-refractivity contribution in [2.45, 2.75) is 38.1 Å². The Morgan fingerprint density at radius 1 is 1.33 bits per heavy atom. The molecule has 0 aromatic carbocycles. The molecular weight excluding hydrogens is 256 g/mol. The van der Waals surface area contributed by atoms with Crippen LogP contribution in [0.3, 0.4) is 0 Å². The Balaban J connectivity index is 2.08. The number of rotatable bonds is 3. The Morgan fingerprint density at radius 2 is 2.07 bits per heavy atom. The molecule has 2 rings (SSSR count). The maximum absolute atomic E-state index is 5.62. The smallest absolute Gasteiger partial charge is 0.169 e. The van der Waals surface area contributed by atoms with Crippen molar-refractivity contribution in [3.63, 3.8) is 0 Å². The molecule has 0 bridgehead atoms. The van der Waals surface area contributed by atoms with Crippen molar-refractivity contribution in [1.82, 2.24) is 5.43 Å². The van der Waals surface area contributed by atoms with Crippen molar-refractivity contribution >= 4 is 15.9 Å². The Bertz CT molecular complexity index is 307. The first kappa shape index (κ1) is 11.2. The first-order chi connectivity index (χ1) is 7.31. The first-order valence-corrected chi connectivity index (χ1v) is 6.32. The normalized spacial score (nSPS) is 20.4. The molecule has 0 spiro atoms. The van der Waals surface area contributed by atoms with E-state index in [1.165, 1.54) is 32.1 Å². The maximum atomic E-state index is 5.62. The average Bonchev–Trinajstić information content (AvgIpc) is 2.68. The van der Waals surface area contributed by atoms with Crippen LogP contribution in [0.1, 0.15) is 43.9 Å². The van der Waals surface area contributed by atoms with Gasteiger partial charge in [0, 0.05) is 0 Å². The minimum Gasteiger partial charge on any atom is -0.453 e. The predicted molar refractivity (Wildman–Crippen MR) is 63.0 cm³/mol. The zero-order valence-corrected chi connectivity index (χ0v) is 10.3. The van der Waals surface area contributed by atoms with Crippen LogP contribution in [0.4, 0.5) is 0 Å². The number of nitrogens with two attached hydrogens (primary N) is 1. The molecule has 1 heterocycles. The molecule has 0 amide bonds. The van der Waals surface area contributed by atoms with Gasteiger partial charge in [-0.1, -0.05) is 19.3 Å². The highest BCUT2D eigenvalue weighted by Gasteiger charge is 2.26. The van der Waals surface area contributed by atoms with Gasteiger partial charge in [0.25, 0.3) is 0 Å². The summed E-state index contributed by atoms with van der Waals surface area (Å²) in [6, 6.07) is 4.07. The lowest BCUT2D eigenvalue weighted by Gasteiger charge is -2.28. The summed E-state index contributed by atoms with van der Waals surface area (Å²) in [5.74, 6) is 7.17. The lowest BCUT2D eigenvalue weighted by atomic mass is 9.83. The van der Waals surface area contributed by atoms with Gasteiger partial charge in [-0.15, -0.1) is 0 Å². The Kier molecular flexibility index (Phi) is 3.83. The second kappa shape index (κ2) is 5.14. The molecule has 4 heteroatoms. The van der Waals surface area contributed by atoms with E-state index >= 15 is 0 Å². The summed E-state index contributed by atoms with van der Waals surface area (Å²) < 4.78 is 6.34. The van der Waals surface area contributed by atoms with E-state index in [4.69, 9.17) is 10.3 Å². The fourth-order valence-electron chi connectivity index (χ4n) is 2.41. The number of hydrogen-bond acceptors (Lipinski definition) is 3. The van der Waals surface area contributed by atoms with Gasteiger partial charge in [0.2, 0.25) is 0 Å². The molecule has 15 heavy (non-hydrogen) atoms. The fourth-order valence-corrected chi connectivity index (χ4v) is 2.73. The van der Waals surface area contributed by atoms with Gasteiger partial charge >= 0.3 is 0 Å². The Hall–Kier alpha value is -0.320. The van der Waals surface area contributed by atoms with Crippen molar-refractivity contribution < 1.29 is 4.42 Å². The third-order valence-electron chi connectivity index (χ3n) is 3.20. The first-order valence-electron chi connectivity index (χ1n) is 5.52. The summed E-state index contributed by atoms with van der Waals surface area (Å²) in [5, 5.41) is 0. The molecule has 0 radical (unpaired) electrons. The molecular formula is C11H17BrN2O. The molecule has 1 aliphatic carbocycles. The van der Waals surface area contributed by atoms with E-state index in [1.807, 2.05) is 12.1 Å². The number of furan rings is 1. The molecule has 1 atom stereocenters. The molecule has 1 unspecified atom stereocenters. The van der Waals surface area contributed by atoms with Crippen LogP contribution in [0.2, 0.25) is 0 Å². The summed E-state index contributed by atoms with van der Waals surface area (Å²) >= 11 is 3.32. The summed E-state index contributed by atoms with van der Waals surface area (Å²) in [4.78, 5) is 0. The third kappa shape index (κ3) is 2.62. The van der Waals surface area contributed by atoms with E-state index in [0.29, 0.717) is 5.92 Å². The van der Waals surface area contributed by atoms with E-state index in [2.05, 4.69) is 21.4 Å². The van der Waals surface area contributed by atoms with Crippen LogP contribution in [0.5, 0.6) is 0 Å². The van der Waals surface area contributed by atoms with Crippen LogP contribution in [0.15, 0.2) is 21.2 Å². The van der Waals surface area contributed by atoms with Gasteiger partial charge in [-0.25, -0.2) is 5.43 Å². The lowest BCUT2D eigenvalue weighted by Crippen LogP contribution is -2.34. The van der Waals surface area contributed by atoms with E-state index in [9.17, 15) is 0 Å². The van der Waals surface area contributed by atoms with Crippen LogP contribution < -0.4 is 11.3 Å². The number of hydrogen-bond donors (Lipinski definition) is 2. The third-order valence-corrected chi connectivity index (χ3v) is 3.63. The van der Waals surface area contributed by atoms with Gasteiger partial charge < -0.3 is 4.42 Å². The molecule has 84 valence electrons. The highest BCUT2D eigenvalue weighted by molar-refractivity contribution is 9.10. The molecule has 1 aromatic heterocycles. The Labute approximate surface area is 98.5 Å². The van der Waals surface area contributed by atoms with E-state index in [1.54, 1.807) is 0 Å². The molecule has 1 fully saturated rings. The van der Waals surface area contributed by atoms with Crippen LogP contribution >= 0.6 is 15.9 Å². The molecule has 3 N–H and O–H groups in total. The quantitative estimate of drug-likeness (QED) is 0.657. The van der Waals surface area contributed by atoms with Crippen molar-refractivity contribution in [3.05, 3.63) is 22.6 Å². The largest absolute Gasteiger partial charge is 0.453 e. The average molecular weight is 273 g/mol. The summed E-state index contributed by atoms with van der Waals surface area (Å²) in [6.07, 6.45) is 6.46. The van der Waals surface area contributed by atoms with E-state index in [0.717, 1.165) is 10.4 Å². The second-order valence-corrected chi connectivity index (χ2v) is 4.97. The number of nitrogens with one attached hydrogen (secondary N) is 1. The second-order valence-electron chi connectivity index (χ2n) is 4.18. The minimum absolute atomic E-state index is 0.164. The molecule has 1 aromatic rings. The predicted octanol–water partition coefficient (Wildman–Crippen LogP) is 3.13. The highest BCUT2D eigenvalue weighted by atomic mass is 79.9. The molecule has 1 aliphatic rings. The standard InChI is InChI=1S/C11H17BrN2O/c12-10-7-6-9(15-10)11(14-13)8-4-2-1-3-5-8/h6-8,11,14H,1-5,13H2. The van der Waals surface area contributed by atoms with E-state index < -0.39 is 0 Å². The molecule has 0 aliphatic heterocycles. The maximum Gasteiger partial charge on any atom is 0.169 e. The highest BCUT2D eigenvalue weighted by Crippen LogP contribution is 2.35. The lowest BCUT2D eigenvalue weighted by molar-refractivity contribution is 0.244. The summed E-state index contributed by atoms with van der Waals surface area (Å²) in [5.41, 5.74) is 2.89. The zero-order chi connectivity index (χ0) is 10.7.